The van der Waals surface area contributed by atoms with Gasteiger partial charge in [0.25, 0.3) is 5.56 Å². The number of hydrazine groups is 2. The molecule has 1 atom stereocenters. The number of hydrogen-bond donors (Lipinski definition) is 3. The molecule has 3 aromatic carbocycles. The summed E-state index contributed by atoms with van der Waals surface area (Å²) in [6.07, 6.45) is 3.20. The number of hydrogen-bond acceptors (Lipinski definition) is 8. The summed E-state index contributed by atoms with van der Waals surface area (Å²) in [6, 6.07) is 20.0. The molecule has 10 nitrogen and oxygen atoms in total. The fourth-order valence-corrected chi connectivity index (χ4v) is 6.93. The van der Waals surface area contributed by atoms with Crippen LogP contribution in [0.2, 0.25) is 5.02 Å². The third kappa shape index (κ3) is 5.90. The van der Waals surface area contributed by atoms with Gasteiger partial charge >= 0.3 is 0 Å². The van der Waals surface area contributed by atoms with E-state index in [4.69, 9.17) is 23.2 Å². The van der Waals surface area contributed by atoms with Crippen LogP contribution in [-0.2, 0) is 32.6 Å². The number of fused-ring (bicyclic) bond motifs is 1. The van der Waals surface area contributed by atoms with E-state index in [2.05, 4.69) is 21.3 Å². The topological polar surface area (TPSA) is 125 Å². The molecule has 3 N–H and O–H groups in total. The lowest BCUT2D eigenvalue weighted by atomic mass is 10.0. The highest BCUT2D eigenvalue weighted by molar-refractivity contribution is 7.90. The van der Waals surface area contributed by atoms with Crippen LogP contribution in [0.5, 0.6) is 0 Å². The Labute approximate surface area is 251 Å². The first-order valence-electron chi connectivity index (χ1n) is 12.9. The zero-order valence-corrected chi connectivity index (χ0v) is 24.2. The van der Waals surface area contributed by atoms with E-state index in [1.165, 1.54) is 17.0 Å². The smallest absolute Gasteiger partial charge is 0.254 e. The second kappa shape index (κ2) is 11.3. The second-order valence-electron chi connectivity index (χ2n) is 9.98. The van der Waals surface area contributed by atoms with Gasteiger partial charge in [-0.2, -0.15) is 0 Å². The molecule has 1 aromatic heterocycles. The second-order valence-corrected chi connectivity index (χ2v) is 12.9. The average molecular weight is 624 g/mol. The number of anilines is 2. The van der Waals surface area contributed by atoms with Gasteiger partial charge in [0.15, 0.2) is 9.84 Å². The number of halogens is 2. The Morgan fingerprint density at radius 3 is 2.52 bits per heavy atom. The number of benzene rings is 3. The molecule has 3 heterocycles. The normalized spacial score (nSPS) is 16.0. The van der Waals surface area contributed by atoms with Crippen LogP contribution in [0.3, 0.4) is 0 Å². The first-order valence-corrected chi connectivity index (χ1v) is 15.5. The first kappa shape index (κ1) is 28.0. The lowest BCUT2D eigenvalue weighted by molar-refractivity contribution is -0.119. The van der Waals surface area contributed by atoms with Gasteiger partial charge in [0.05, 0.1) is 35.4 Å². The summed E-state index contributed by atoms with van der Waals surface area (Å²) in [4.78, 5) is 31.8. The standard InChI is InChI=1S/C29H24Cl2N6O4S/c30-21-7-9-25(37-14-27(31)34-35-37)23(12-21)24-13-28(38)36(17-32-24)26(10-18-4-2-1-3-5-18)29(39)33-22-8-6-19-15-42(40,41)16-20(19)11-22/h1-9,11-14,17,26,34-35H,10,15-16H2,(H,33,39)/t26-/m0/s1. The van der Waals surface area contributed by atoms with E-state index in [0.717, 1.165) is 11.1 Å². The maximum Gasteiger partial charge on any atom is 0.254 e. The van der Waals surface area contributed by atoms with Crippen molar-refractivity contribution in [1.29, 1.82) is 0 Å². The predicted octanol–water partition coefficient (Wildman–Crippen LogP) is 4.28. The molecule has 2 aliphatic heterocycles. The van der Waals surface area contributed by atoms with Gasteiger partial charge in [0, 0.05) is 28.8 Å². The van der Waals surface area contributed by atoms with Crippen molar-refractivity contribution >= 4 is 50.3 Å². The van der Waals surface area contributed by atoms with Crippen LogP contribution in [0, 0.1) is 0 Å². The zero-order valence-electron chi connectivity index (χ0n) is 21.9. The Morgan fingerprint density at radius 1 is 1.00 bits per heavy atom. The number of nitrogens with zero attached hydrogens (tertiary/aromatic N) is 3. The molecule has 1 amide bonds. The van der Waals surface area contributed by atoms with Gasteiger partial charge in [-0.3, -0.25) is 24.6 Å². The molecule has 0 saturated carbocycles. The van der Waals surface area contributed by atoms with E-state index in [0.29, 0.717) is 38.4 Å². The van der Waals surface area contributed by atoms with Crippen molar-refractivity contribution in [3.05, 3.63) is 123 Å². The van der Waals surface area contributed by atoms with Crippen LogP contribution in [-0.4, -0.2) is 23.9 Å². The number of amides is 1. The summed E-state index contributed by atoms with van der Waals surface area (Å²) in [5, 5.41) is 5.33. The van der Waals surface area contributed by atoms with Crippen molar-refractivity contribution < 1.29 is 13.2 Å². The van der Waals surface area contributed by atoms with E-state index in [1.54, 1.807) is 47.6 Å². The minimum atomic E-state index is -3.19. The Kier molecular flexibility index (Phi) is 7.50. The molecule has 0 saturated heterocycles. The fraction of sp³-hybridized carbons (Fsp3) is 0.138. The number of carbonyl (C=O) groups excluding carboxylic acids is 1. The van der Waals surface area contributed by atoms with Crippen molar-refractivity contribution in [2.45, 2.75) is 24.0 Å². The molecule has 13 heteroatoms. The molecule has 6 rings (SSSR count). The van der Waals surface area contributed by atoms with Crippen molar-refractivity contribution in [2.75, 3.05) is 10.3 Å². The molecule has 0 unspecified atom stereocenters. The predicted molar refractivity (Wildman–Crippen MR) is 162 cm³/mol. The Morgan fingerprint density at radius 2 is 1.79 bits per heavy atom. The summed E-state index contributed by atoms with van der Waals surface area (Å²) in [5.74, 6) is -0.518. The van der Waals surface area contributed by atoms with Crippen LogP contribution >= 0.6 is 23.2 Å². The van der Waals surface area contributed by atoms with Crippen LogP contribution < -0.4 is 26.8 Å². The Bertz CT molecular complexity index is 1900. The summed E-state index contributed by atoms with van der Waals surface area (Å²) >= 11 is 12.3. The quantitative estimate of drug-likeness (QED) is 0.261. The van der Waals surface area contributed by atoms with Gasteiger partial charge < -0.3 is 5.32 Å². The highest BCUT2D eigenvalue weighted by Gasteiger charge is 2.27. The summed E-state index contributed by atoms with van der Waals surface area (Å²) in [6.45, 7) is 0. The third-order valence-electron chi connectivity index (χ3n) is 7.00. The van der Waals surface area contributed by atoms with Crippen molar-refractivity contribution in [3.8, 4) is 11.3 Å². The van der Waals surface area contributed by atoms with E-state index in [1.807, 2.05) is 30.3 Å². The minimum Gasteiger partial charge on any atom is -0.324 e. The van der Waals surface area contributed by atoms with Gasteiger partial charge in [0.1, 0.15) is 11.2 Å². The molecule has 2 aliphatic rings. The van der Waals surface area contributed by atoms with Crippen molar-refractivity contribution in [3.63, 3.8) is 0 Å². The molecule has 214 valence electrons. The zero-order chi connectivity index (χ0) is 29.4. The van der Waals surface area contributed by atoms with Gasteiger partial charge in [-0.25, -0.2) is 13.4 Å². The van der Waals surface area contributed by atoms with Gasteiger partial charge in [-0.05, 0) is 47.0 Å². The van der Waals surface area contributed by atoms with Crippen LogP contribution in [0.1, 0.15) is 22.7 Å². The molecular weight excluding hydrogens is 599 g/mol. The first-order chi connectivity index (χ1) is 20.1. The van der Waals surface area contributed by atoms with Gasteiger partial charge in [0.2, 0.25) is 5.91 Å². The minimum absolute atomic E-state index is 0.0113. The number of sulfone groups is 1. The third-order valence-corrected chi connectivity index (χ3v) is 8.93. The summed E-state index contributed by atoms with van der Waals surface area (Å²) < 4.78 is 25.4. The summed E-state index contributed by atoms with van der Waals surface area (Å²) in [5.41, 5.74) is 9.49. The molecule has 42 heavy (non-hydrogen) atoms. The fourth-order valence-electron chi connectivity index (χ4n) is 5.02. The molecule has 4 aromatic rings. The number of aromatic nitrogens is 2. The van der Waals surface area contributed by atoms with Gasteiger partial charge in [-0.1, -0.05) is 59.6 Å². The monoisotopic (exact) mass is 622 g/mol. The van der Waals surface area contributed by atoms with Crippen LogP contribution in [0.4, 0.5) is 11.4 Å². The van der Waals surface area contributed by atoms with Crippen molar-refractivity contribution in [2.24, 2.45) is 0 Å². The summed E-state index contributed by atoms with van der Waals surface area (Å²) in [7, 11) is -3.19. The maximum absolute atomic E-state index is 13.7. The molecule has 0 fully saturated rings. The highest BCUT2D eigenvalue weighted by Crippen LogP contribution is 2.33. The molecule has 0 aliphatic carbocycles. The van der Waals surface area contributed by atoms with E-state index in [-0.39, 0.29) is 17.9 Å². The molecule has 0 radical (unpaired) electrons. The van der Waals surface area contributed by atoms with Crippen LogP contribution in [0.25, 0.3) is 11.3 Å². The molecule has 0 bridgehead atoms. The molecule has 0 spiro atoms. The average Bonchev–Trinajstić information content (AvgIpc) is 3.53. The SMILES string of the molecule is O=C(Nc1ccc2c(c1)CS(=O)(=O)C2)[C@H](Cc1ccccc1)n1cnc(-c2cc(Cl)ccc2N2C=C(Cl)NN2)cc1=O. The van der Waals surface area contributed by atoms with Crippen molar-refractivity contribution in [1.82, 2.24) is 20.5 Å². The number of nitrogens with one attached hydrogen (secondary N) is 3. The highest BCUT2D eigenvalue weighted by atomic mass is 35.5. The van der Waals surface area contributed by atoms with Crippen LogP contribution in [0.15, 0.2) is 95.3 Å². The Balaban J connectivity index is 1.34. The lowest BCUT2D eigenvalue weighted by Gasteiger charge is -2.21. The van der Waals surface area contributed by atoms with Gasteiger partial charge in [-0.15, -0.1) is 5.53 Å². The molecular formula is C29H24Cl2N6O4S. The van der Waals surface area contributed by atoms with E-state index in [9.17, 15) is 18.0 Å². The largest absolute Gasteiger partial charge is 0.324 e. The Hall–Kier alpha value is -4.16. The van der Waals surface area contributed by atoms with E-state index < -0.39 is 27.3 Å². The number of carbonyl (C=O) groups is 1. The maximum atomic E-state index is 13.7. The number of rotatable bonds is 7. The lowest BCUT2D eigenvalue weighted by Crippen LogP contribution is -2.36. The van der Waals surface area contributed by atoms with E-state index >= 15 is 0 Å².